The van der Waals surface area contributed by atoms with Crippen LogP contribution in [0.3, 0.4) is 0 Å². The molecule has 0 N–H and O–H groups in total. The Bertz CT molecular complexity index is 605. The van der Waals surface area contributed by atoms with Gasteiger partial charge in [-0.05, 0) is 72.7 Å². The second kappa shape index (κ2) is 8.69. The van der Waals surface area contributed by atoms with E-state index in [0.29, 0.717) is 16.7 Å². The number of rotatable bonds is 4. The Morgan fingerprint density at radius 2 is 1.59 bits per heavy atom. The van der Waals surface area contributed by atoms with E-state index in [9.17, 15) is 4.39 Å². The zero-order valence-corrected chi connectivity index (χ0v) is 18.7. The minimum absolute atomic E-state index is 0. The van der Waals surface area contributed by atoms with Crippen LogP contribution >= 0.6 is 12.4 Å². The summed E-state index contributed by atoms with van der Waals surface area (Å²) in [6, 6.07) is 5.51. The van der Waals surface area contributed by atoms with Crippen molar-refractivity contribution in [1.29, 1.82) is 0 Å². The molecule has 2 nitrogen and oxygen atoms in total. The van der Waals surface area contributed by atoms with Crippen LogP contribution in [0.15, 0.2) is 18.2 Å². The number of anilines is 1. The van der Waals surface area contributed by atoms with E-state index in [0.717, 1.165) is 39.0 Å². The van der Waals surface area contributed by atoms with Gasteiger partial charge in [0, 0.05) is 31.9 Å². The van der Waals surface area contributed by atoms with E-state index >= 15 is 0 Å². The van der Waals surface area contributed by atoms with Crippen molar-refractivity contribution < 1.29 is 4.39 Å². The summed E-state index contributed by atoms with van der Waals surface area (Å²) in [5.74, 6) is 0.364. The predicted molar refractivity (Wildman–Crippen MR) is 117 cm³/mol. The molecule has 1 saturated heterocycles. The van der Waals surface area contributed by atoms with E-state index in [4.69, 9.17) is 0 Å². The summed E-state index contributed by atoms with van der Waals surface area (Å²) in [5, 5.41) is 0. The van der Waals surface area contributed by atoms with Crippen LogP contribution < -0.4 is 4.90 Å². The number of hydrogen-bond donors (Lipinski definition) is 0. The van der Waals surface area contributed by atoms with Gasteiger partial charge in [0.2, 0.25) is 0 Å². The lowest BCUT2D eigenvalue weighted by atomic mass is 9.60. The molecule has 0 atom stereocenters. The van der Waals surface area contributed by atoms with Crippen LogP contribution in [0.4, 0.5) is 10.1 Å². The highest BCUT2D eigenvalue weighted by Gasteiger charge is 2.40. The first kappa shape index (κ1) is 22.5. The summed E-state index contributed by atoms with van der Waals surface area (Å²) in [7, 11) is 0. The molecule has 1 aliphatic carbocycles. The maximum Gasteiger partial charge on any atom is 0.123 e. The van der Waals surface area contributed by atoms with Crippen LogP contribution in [-0.4, -0.2) is 37.6 Å². The normalized spacial score (nSPS) is 23.1. The Kier molecular flexibility index (Phi) is 7.24. The topological polar surface area (TPSA) is 6.48 Å². The van der Waals surface area contributed by atoms with Crippen molar-refractivity contribution >= 4 is 18.1 Å². The molecule has 4 heteroatoms. The second-order valence-corrected chi connectivity index (χ2v) is 10.1. The smallest absolute Gasteiger partial charge is 0.123 e. The van der Waals surface area contributed by atoms with Gasteiger partial charge in [0.05, 0.1) is 0 Å². The van der Waals surface area contributed by atoms with Gasteiger partial charge in [0.25, 0.3) is 0 Å². The first-order valence-electron chi connectivity index (χ1n) is 10.5. The van der Waals surface area contributed by atoms with E-state index in [1.807, 2.05) is 12.1 Å². The van der Waals surface area contributed by atoms with Crippen molar-refractivity contribution in [2.45, 2.75) is 66.2 Å². The van der Waals surface area contributed by atoms with Crippen molar-refractivity contribution in [2.24, 2.45) is 10.8 Å². The first-order valence-corrected chi connectivity index (χ1v) is 10.5. The highest BCUT2D eigenvalue weighted by molar-refractivity contribution is 5.85. The van der Waals surface area contributed by atoms with Crippen molar-refractivity contribution in [3.8, 4) is 0 Å². The highest BCUT2D eigenvalue weighted by atomic mass is 35.5. The van der Waals surface area contributed by atoms with Crippen molar-refractivity contribution in [2.75, 3.05) is 37.6 Å². The molecular formula is C23H38ClFN2. The lowest BCUT2D eigenvalue weighted by Crippen LogP contribution is -2.47. The summed E-state index contributed by atoms with van der Waals surface area (Å²) in [6.45, 7) is 17.3. The summed E-state index contributed by atoms with van der Waals surface area (Å²) in [4.78, 5) is 5.04. The van der Waals surface area contributed by atoms with Gasteiger partial charge < -0.3 is 4.90 Å². The van der Waals surface area contributed by atoms with Gasteiger partial charge in [-0.3, -0.25) is 4.90 Å². The largest absolute Gasteiger partial charge is 0.369 e. The molecular weight excluding hydrogens is 359 g/mol. The number of nitrogens with zero attached hydrogens (tertiary/aromatic N) is 2. The van der Waals surface area contributed by atoms with Crippen LogP contribution in [0.1, 0.15) is 71.8 Å². The molecule has 0 aromatic heterocycles. The number of halogens is 2. The van der Waals surface area contributed by atoms with Gasteiger partial charge >= 0.3 is 0 Å². The predicted octanol–water partition coefficient (Wildman–Crippen LogP) is 6.10. The Morgan fingerprint density at radius 3 is 2.15 bits per heavy atom. The Balaban J connectivity index is 0.00000261. The molecule has 1 saturated carbocycles. The molecule has 3 rings (SSSR count). The minimum Gasteiger partial charge on any atom is -0.369 e. The average Bonchev–Trinajstić information content (AvgIpc) is 2.53. The summed E-state index contributed by atoms with van der Waals surface area (Å²) in [6.07, 6.45) is 4.77. The number of benzene rings is 1. The Labute approximate surface area is 171 Å². The van der Waals surface area contributed by atoms with Gasteiger partial charge in [-0.15, -0.1) is 12.4 Å². The number of piperazine rings is 1. The molecule has 0 radical (unpaired) electrons. The second-order valence-electron chi connectivity index (χ2n) is 10.1. The van der Waals surface area contributed by atoms with Crippen LogP contribution in [-0.2, 0) is 0 Å². The van der Waals surface area contributed by atoms with E-state index in [-0.39, 0.29) is 18.2 Å². The van der Waals surface area contributed by atoms with Gasteiger partial charge in [-0.25, -0.2) is 4.39 Å². The van der Waals surface area contributed by atoms with Gasteiger partial charge in [-0.1, -0.05) is 34.6 Å². The molecule has 1 aromatic rings. The van der Waals surface area contributed by atoms with Crippen LogP contribution in [0.25, 0.3) is 0 Å². The Morgan fingerprint density at radius 1 is 1.00 bits per heavy atom. The molecule has 2 aliphatic rings. The molecule has 0 unspecified atom stereocenters. The molecule has 1 heterocycles. The minimum atomic E-state index is -0.0884. The van der Waals surface area contributed by atoms with Crippen molar-refractivity contribution in [3.05, 3.63) is 29.6 Å². The van der Waals surface area contributed by atoms with E-state index < -0.39 is 0 Å². The third-order valence-corrected chi connectivity index (χ3v) is 6.24. The fourth-order valence-electron chi connectivity index (χ4n) is 5.73. The molecule has 27 heavy (non-hydrogen) atoms. The third kappa shape index (κ3) is 5.60. The lowest BCUT2D eigenvalue weighted by Gasteiger charge is -2.46. The molecule has 1 aliphatic heterocycles. The third-order valence-electron chi connectivity index (χ3n) is 6.24. The zero-order chi connectivity index (χ0) is 18.9. The molecule has 0 bridgehead atoms. The maximum absolute atomic E-state index is 14.2. The first-order chi connectivity index (χ1) is 12.2. The standard InChI is InChI=1S/C23H37FN2.ClH/c1-6-9-25-10-12-26(13-11-25)21-8-7-19(24)14-20(21)18-15-22(2,3)17-23(4,5)16-18;/h7-8,14,18H,6,9-13,15-17H2,1-5H3;1H. The van der Waals surface area contributed by atoms with Crippen molar-refractivity contribution in [3.63, 3.8) is 0 Å². The quantitative estimate of drug-likeness (QED) is 0.606. The molecule has 0 amide bonds. The van der Waals surface area contributed by atoms with Crippen LogP contribution in [0.5, 0.6) is 0 Å². The maximum atomic E-state index is 14.2. The van der Waals surface area contributed by atoms with Gasteiger partial charge in [0.15, 0.2) is 0 Å². The highest BCUT2D eigenvalue weighted by Crippen LogP contribution is 2.53. The van der Waals surface area contributed by atoms with Gasteiger partial charge in [0.1, 0.15) is 5.82 Å². The van der Waals surface area contributed by atoms with Crippen LogP contribution in [0.2, 0.25) is 0 Å². The molecule has 0 spiro atoms. The fraction of sp³-hybridized carbons (Fsp3) is 0.739. The molecule has 1 aromatic carbocycles. The SMILES string of the molecule is CCCN1CCN(c2ccc(F)cc2C2CC(C)(C)CC(C)(C)C2)CC1.Cl. The summed E-state index contributed by atoms with van der Waals surface area (Å²) in [5.41, 5.74) is 3.15. The summed E-state index contributed by atoms with van der Waals surface area (Å²) >= 11 is 0. The molecule has 2 fully saturated rings. The average molecular weight is 397 g/mol. The van der Waals surface area contributed by atoms with E-state index in [1.54, 1.807) is 6.07 Å². The van der Waals surface area contributed by atoms with Crippen molar-refractivity contribution in [1.82, 2.24) is 4.90 Å². The monoisotopic (exact) mass is 396 g/mol. The van der Waals surface area contributed by atoms with E-state index in [2.05, 4.69) is 44.4 Å². The Hall–Kier alpha value is -0.800. The zero-order valence-electron chi connectivity index (χ0n) is 17.9. The van der Waals surface area contributed by atoms with E-state index in [1.165, 1.54) is 30.6 Å². The summed E-state index contributed by atoms with van der Waals surface area (Å²) < 4.78 is 14.2. The number of hydrogen-bond acceptors (Lipinski definition) is 2. The van der Waals surface area contributed by atoms with Crippen LogP contribution in [0, 0.1) is 16.6 Å². The lowest BCUT2D eigenvalue weighted by molar-refractivity contribution is 0.0968. The fourth-order valence-corrected chi connectivity index (χ4v) is 5.73. The van der Waals surface area contributed by atoms with Gasteiger partial charge in [-0.2, -0.15) is 0 Å². The molecule has 154 valence electrons.